The Kier molecular flexibility index (Phi) is 3.28. The maximum Gasteiger partial charge on any atom is 0.117 e. The number of aromatic nitrogens is 4. The molecule has 5 nitrogen and oxygen atoms in total. The van der Waals surface area contributed by atoms with Crippen LogP contribution in [0, 0.1) is 0 Å². The first-order valence-corrected chi connectivity index (χ1v) is 6.89. The van der Waals surface area contributed by atoms with E-state index in [9.17, 15) is 0 Å². The van der Waals surface area contributed by atoms with E-state index < -0.39 is 0 Å². The van der Waals surface area contributed by atoms with Gasteiger partial charge in [0.15, 0.2) is 0 Å². The first-order valence-electron chi connectivity index (χ1n) is 6.89. The number of hydrogen-bond donors (Lipinski definition) is 3. The number of aromatic amines is 2. The summed E-state index contributed by atoms with van der Waals surface area (Å²) in [6, 6.07) is 10.1. The van der Waals surface area contributed by atoms with Gasteiger partial charge in [-0.15, -0.1) is 0 Å². The van der Waals surface area contributed by atoms with E-state index in [1.165, 1.54) is 0 Å². The van der Waals surface area contributed by atoms with Crippen LogP contribution in [0.5, 0.6) is 0 Å². The fourth-order valence-corrected chi connectivity index (χ4v) is 2.35. The summed E-state index contributed by atoms with van der Waals surface area (Å²) in [5.74, 6) is 1.30. The summed E-state index contributed by atoms with van der Waals surface area (Å²) >= 11 is 0. The van der Waals surface area contributed by atoms with Crippen molar-refractivity contribution in [3.63, 3.8) is 0 Å². The van der Waals surface area contributed by atoms with Gasteiger partial charge in [0.2, 0.25) is 0 Å². The molecular formula is C15H19N5. The summed E-state index contributed by atoms with van der Waals surface area (Å²) in [7, 11) is 0. The molecule has 20 heavy (non-hydrogen) atoms. The van der Waals surface area contributed by atoms with Crippen molar-refractivity contribution in [1.82, 2.24) is 20.2 Å². The Morgan fingerprint density at radius 3 is 2.70 bits per heavy atom. The van der Waals surface area contributed by atoms with Gasteiger partial charge in [-0.2, -0.15) is 5.10 Å². The third-order valence-corrected chi connectivity index (χ3v) is 3.56. The normalized spacial score (nSPS) is 13.2. The van der Waals surface area contributed by atoms with Crippen molar-refractivity contribution in [2.75, 3.05) is 6.54 Å². The summed E-state index contributed by atoms with van der Waals surface area (Å²) in [5, 5.41) is 7.43. The molecule has 5 heteroatoms. The molecule has 0 saturated heterocycles. The van der Waals surface area contributed by atoms with Gasteiger partial charge in [-0.05, 0) is 24.1 Å². The second-order valence-electron chi connectivity index (χ2n) is 5.33. The number of nitrogens with zero attached hydrogens (tertiary/aromatic N) is 2. The highest BCUT2D eigenvalue weighted by molar-refractivity contribution is 5.74. The van der Waals surface area contributed by atoms with Gasteiger partial charge in [0.05, 0.1) is 22.6 Å². The van der Waals surface area contributed by atoms with Crippen molar-refractivity contribution in [2.45, 2.75) is 25.7 Å². The Balaban J connectivity index is 1.99. The van der Waals surface area contributed by atoms with E-state index >= 15 is 0 Å². The second-order valence-corrected chi connectivity index (χ2v) is 5.33. The van der Waals surface area contributed by atoms with Crippen LogP contribution >= 0.6 is 0 Å². The smallest absolute Gasteiger partial charge is 0.117 e. The van der Waals surface area contributed by atoms with E-state index in [0.29, 0.717) is 12.5 Å². The van der Waals surface area contributed by atoms with Crippen LogP contribution in [-0.2, 0) is 0 Å². The van der Waals surface area contributed by atoms with Crippen LogP contribution in [0.4, 0.5) is 0 Å². The fraction of sp³-hybridized carbons (Fsp3) is 0.333. The largest absolute Gasteiger partial charge is 0.341 e. The fourth-order valence-electron chi connectivity index (χ4n) is 2.35. The molecule has 0 aliphatic rings. The number of nitrogens with two attached hydrogens (primary N) is 1. The van der Waals surface area contributed by atoms with E-state index in [4.69, 9.17) is 5.73 Å². The Hall–Kier alpha value is -2.14. The van der Waals surface area contributed by atoms with Gasteiger partial charge in [0.25, 0.3) is 0 Å². The quantitative estimate of drug-likeness (QED) is 0.680. The number of para-hydroxylation sites is 2. The number of hydrogen-bond acceptors (Lipinski definition) is 3. The number of H-pyrrole nitrogens is 2. The molecule has 2 aromatic heterocycles. The lowest BCUT2D eigenvalue weighted by molar-refractivity contribution is 0.736. The molecule has 3 aromatic rings. The second kappa shape index (κ2) is 5.09. The highest BCUT2D eigenvalue weighted by Crippen LogP contribution is 2.24. The first-order chi connectivity index (χ1) is 9.69. The van der Waals surface area contributed by atoms with E-state index in [-0.39, 0.29) is 5.92 Å². The zero-order valence-corrected chi connectivity index (χ0v) is 11.7. The van der Waals surface area contributed by atoms with Crippen molar-refractivity contribution in [1.29, 1.82) is 0 Å². The van der Waals surface area contributed by atoms with Crippen LogP contribution in [0.2, 0.25) is 0 Å². The summed E-state index contributed by atoms with van der Waals surface area (Å²) in [5.41, 5.74) is 9.99. The molecule has 0 spiro atoms. The molecule has 0 fully saturated rings. The number of benzene rings is 1. The Bertz CT molecular complexity index is 677. The molecule has 0 amide bonds. The maximum atomic E-state index is 5.94. The lowest BCUT2D eigenvalue weighted by atomic mass is 10.0. The summed E-state index contributed by atoms with van der Waals surface area (Å²) in [6.07, 6.45) is 0. The molecule has 2 heterocycles. The Morgan fingerprint density at radius 2 is 2.05 bits per heavy atom. The number of nitrogens with one attached hydrogen (secondary N) is 2. The number of rotatable bonds is 4. The molecule has 0 aliphatic heterocycles. The van der Waals surface area contributed by atoms with Crippen LogP contribution in [0.1, 0.15) is 42.9 Å². The molecule has 104 valence electrons. The molecule has 3 rings (SSSR count). The zero-order valence-electron chi connectivity index (χ0n) is 11.7. The van der Waals surface area contributed by atoms with Crippen LogP contribution in [0.3, 0.4) is 0 Å². The van der Waals surface area contributed by atoms with Crippen LogP contribution in [0.25, 0.3) is 11.0 Å². The van der Waals surface area contributed by atoms with Gasteiger partial charge in [-0.25, -0.2) is 4.98 Å². The monoisotopic (exact) mass is 269 g/mol. The van der Waals surface area contributed by atoms with Crippen LogP contribution in [0.15, 0.2) is 30.3 Å². The van der Waals surface area contributed by atoms with E-state index in [1.54, 1.807) is 0 Å². The molecule has 0 radical (unpaired) electrons. The van der Waals surface area contributed by atoms with Gasteiger partial charge in [-0.1, -0.05) is 26.0 Å². The van der Waals surface area contributed by atoms with E-state index in [1.807, 2.05) is 24.3 Å². The molecule has 1 aromatic carbocycles. The van der Waals surface area contributed by atoms with Crippen molar-refractivity contribution < 1.29 is 0 Å². The minimum Gasteiger partial charge on any atom is -0.341 e. The van der Waals surface area contributed by atoms with Gasteiger partial charge in [0.1, 0.15) is 5.82 Å². The predicted octanol–water partition coefficient (Wildman–Crippen LogP) is 2.50. The molecule has 0 bridgehead atoms. The first kappa shape index (κ1) is 12.9. The van der Waals surface area contributed by atoms with Gasteiger partial charge >= 0.3 is 0 Å². The molecular weight excluding hydrogens is 250 g/mol. The van der Waals surface area contributed by atoms with Gasteiger partial charge < -0.3 is 10.7 Å². The molecule has 0 aliphatic carbocycles. The molecule has 0 saturated carbocycles. The lowest BCUT2D eigenvalue weighted by Gasteiger charge is -2.09. The average Bonchev–Trinajstić information content (AvgIpc) is 3.06. The van der Waals surface area contributed by atoms with Crippen molar-refractivity contribution in [2.24, 2.45) is 5.73 Å². The lowest BCUT2D eigenvalue weighted by Crippen LogP contribution is -2.15. The summed E-state index contributed by atoms with van der Waals surface area (Å²) in [6.45, 7) is 4.73. The molecule has 4 N–H and O–H groups in total. The van der Waals surface area contributed by atoms with Crippen molar-refractivity contribution in [3.8, 4) is 0 Å². The summed E-state index contributed by atoms with van der Waals surface area (Å²) in [4.78, 5) is 7.98. The molecule has 1 atom stereocenters. The summed E-state index contributed by atoms with van der Waals surface area (Å²) < 4.78 is 0. The number of fused-ring (bicyclic) bond motifs is 1. The minimum absolute atomic E-state index is 0.0161. The third-order valence-electron chi connectivity index (χ3n) is 3.56. The SMILES string of the molecule is CC(C)c1cc(C(CN)c2nc3ccccc3[nH]2)[nH]n1. The Morgan fingerprint density at radius 1 is 1.25 bits per heavy atom. The van der Waals surface area contributed by atoms with E-state index in [0.717, 1.165) is 28.2 Å². The minimum atomic E-state index is 0.0161. The average molecular weight is 269 g/mol. The van der Waals surface area contributed by atoms with Crippen LogP contribution < -0.4 is 5.73 Å². The predicted molar refractivity (Wildman–Crippen MR) is 79.7 cm³/mol. The Labute approximate surface area is 117 Å². The van der Waals surface area contributed by atoms with E-state index in [2.05, 4.69) is 40.1 Å². The topological polar surface area (TPSA) is 83.4 Å². The zero-order chi connectivity index (χ0) is 14.1. The van der Waals surface area contributed by atoms with Gasteiger partial charge in [-0.3, -0.25) is 5.10 Å². The van der Waals surface area contributed by atoms with Crippen molar-refractivity contribution in [3.05, 3.63) is 47.5 Å². The highest BCUT2D eigenvalue weighted by Gasteiger charge is 2.19. The number of imidazole rings is 1. The van der Waals surface area contributed by atoms with Crippen molar-refractivity contribution >= 4 is 11.0 Å². The maximum absolute atomic E-state index is 5.94. The third kappa shape index (κ3) is 2.20. The highest BCUT2D eigenvalue weighted by atomic mass is 15.1. The van der Waals surface area contributed by atoms with Gasteiger partial charge in [0, 0.05) is 12.2 Å². The standard InChI is InChI=1S/C15H19N5/c1-9(2)13-7-14(20-19-13)10(8-16)15-17-11-5-3-4-6-12(11)18-15/h3-7,9-10H,8,16H2,1-2H3,(H,17,18)(H,19,20). The molecule has 1 unspecified atom stereocenters. The van der Waals surface area contributed by atoms with Crippen LogP contribution in [-0.4, -0.2) is 26.7 Å².